The summed E-state index contributed by atoms with van der Waals surface area (Å²) in [6.07, 6.45) is -9.05. The summed E-state index contributed by atoms with van der Waals surface area (Å²) in [5.41, 5.74) is 0.863. The summed E-state index contributed by atoms with van der Waals surface area (Å²) in [7, 11) is 1.45. The Kier molecular flexibility index (Phi) is 8.44. The molecular weight excluding hydrogens is 428 g/mol. The first kappa shape index (κ1) is 24.8. The Bertz CT molecular complexity index is 772. The topological polar surface area (TPSA) is 168 Å². The van der Waals surface area contributed by atoms with Crippen LogP contribution in [0.3, 0.4) is 0 Å². The van der Waals surface area contributed by atoms with Crippen LogP contribution in [0.1, 0.15) is 12.5 Å². The number of ether oxygens (including phenoxy) is 5. The van der Waals surface area contributed by atoms with Gasteiger partial charge in [0.1, 0.15) is 42.7 Å². The minimum atomic E-state index is -1.61. The molecule has 0 amide bonds. The van der Waals surface area contributed by atoms with E-state index in [1.165, 1.54) is 7.11 Å². The molecule has 0 unspecified atom stereocenters. The number of rotatable bonds is 7. The van der Waals surface area contributed by atoms with Crippen molar-refractivity contribution in [3.63, 3.8) is 0 Å². The van der Waals surface area contributed by atoms with Gasteiger partial charge in [0.2, 0.25) is 6.29 Å². The maximum absolute atomic E-state index is 10.3. The first-order valence-corrected chi connectivity index (χ1v) is 10.2. The summed E-state index contributed by atoms with van der Waals surface area (Å²) >= 11 is 0. The second-order valence-corrected chi connectivity index (χ2v) is 7.63. The molecule has 11 nitrogen and oxygen atoms in total. The van der Waals surface area contributed by atoms with Crippen molar-refractivity contribution in [2.24, 2.45) is 0 Å². The van der Waals surface area contributed by atoms with Crippen molar-refractivity contribution in [3.8, 4) is 11.5 Å². The van der Waals surface area contributed by atoms with Crippen molar-refractivity contribution in [2.45, 2.75) is 62.2 Å². The van der Waals surface area contributed by atoms with E-state index in [1.54, 1.807) is 18.2 Å². The van der Waals surface area contributed by atoms with E-state index in [0.717, 1.165) is 5.56 Å². The van der Waals surface area contributed by atoms with E-state index in [-0.39, 0.29) is 19.0 Å². The third kappa shape index (κ3) is 5.39. The standard InChI is InChI=1S/C21H30O11/c1-3-4-10-5-6-12(13(7-10)28-2)31-21-19(27)17(25)16(24)14(32-21)9-30-20-18(26)15(23)11(22)8-29-20/h3-7,11,14-27H,8-9H2,1-2H3/b4-3-/t11-,14+,15-,16+,17-,18+,19+,20-,21+/m0/s1. The predicted molar refractivity (Wildman–Crippen MR) is 109 cm³/mol. The van der Waals surface area contributed by atoms with E-state index in [4.69, 9.17) is 23.7 Å². The highest BCUT2D eigenvalue weighted by atomic mass is 16.7. The van der Waals surface area contributed by atoms with Crippen molar-refractivity contribution in [1.29, 1.82) is 0 Å². The molecule has 0 spiro atoms. The molecule has 2 aliphatic rings. The molecule has 0 radical (unpaired) electrons. The van der Waals surface area contributed by atoms with Crippen molar-refractivity contribution < 1.29 is 54.3 Å². The predicted octanol–water partition coefficient (Wildman–Crippen LogP) is -1.63. The van der Waals surface area contributed by atoms with Gasteiger partial charge in [-0.05, 0) is 24.6 Å². The molecule has 32 heavy (non-hydrogen) atoms. The molecule has 2 fully saturated rings. The van der Waals surface area contributed by atoms with Crippen LogP contribution in [0.4, 0.5) is 0 Å². The van der Waals surface area contributed by atoms with E-state index in [2.05, 4.69) is 0 Å². The fraction of sp³-hybridized carbons (Fsp3) is 0.619. The van der Waals surface area contributed by atoms with Gasteiger partial charge in [-0.1, -0.05) is 18.2 Å². The summed E-state index contributed by atoms with van der Waals surface area (Å²) < 4.78 is 27.2. The number of hydrogen-bond acceptors (Lipinski definition) is 11. The lowest BCUT2D eigenvalue weighted by molar-refractivity contribution is -0.307. The number of benzene rings is 1. The monoisotopic (exact) mass is 458 g/mol. The van der Waals surface area contributed by atoms with Gasteiger partial charge >= 0.3 is 0 Å². The second kappa shape index (κ2) is 10.9. The quantitative estimate of drug-likeness (QED) is 0.278. The van der Waals surface area contributed by atoms with Gasteiger partial charge < -0.3 is 54.3 Å². The third-order valence-corrected chi connectivity index (χ3v) is 5.34. The Morgan fingerprint density at radius 3 is 2.34 bits per heavy atom. The SMILES string of the molecule is C/C=C\c1ccc(O[C@@H]2O[C@H](CO[C@@H]3OC[C@H](O)[C@H](O)[C@H]3O)[C@@H](O)[C@H](O)[C@H]2O)c(OC)c1. The molecule has 2 saturated heterocycles. The van der Waals surface area contributed by atoms with Crippen molar-refractivity contribution in [3.05, 3.63) is 29.8 Å². The molecule has 6 N–H and O–H groups in total. The summed E-state index contributed by atoms with van der Waals surface area (Å²) in [5.74, 6) is 0.618. The Morgan fingerprint density at radius 2 is 1.66 bits per heavy atom. The molecule has 1 aromatic carbocycles. The van der Waals surface area contributed by atoms with Gasteiger partial charge in [0, 0.05) is 0 Å². The molecule has 180 valence electrons. The Labute approximate surface area is 185 Å². The zero-order valence-corrected chi connectivity index (χ0v) is 17.7. The molecule has 0 bridgehead atoms. The molecule has 9 atom stereocenters. The lowest BCUT2D eigenvalue weighted by Crippen LogP contribution is -2.61. The van der Waals surface area contributed by atoms with Crippen LogP contribution in [0.5, 0.6) is 11.5 Å². The number of allylic oxidation sites excluding steroid dienone is 1. The van der Waals surface area contributed by atoms with Gasteiger partial charge in [-0.25, -0.2) is 0 Å². The smallest absolute Gasteiger partial charge is 0.229 e. The van der Waals surface area contributed by atoms with Gasteiger partial charge in [0.15, 0.2) is 17.8 Å². The fourth-order valence-corrected chi connectivity index (χ4v) is 3.47. The molecule has 0 saturated carbocycles. The summed E-state index contributed by atoms with van der Waals surface area (Å²) in [4.78, 5) is 0. The molecule has 1 aromatic rings. The Balaban J connectivity index is 1.68. The van der Waals surface area contributed by atoms with E-state index >= 15 is 0 Å². The molecule has 3 rings (SSSR count). The van der Waals surface area contributed by atoms with Gasteiger partial charge in [0.05, 0.1) is 20.3 Å². The van der Waals surface area contributed by atoms with Crippen LogP contribution < -0.4 is 9.47 Å². The van der Waals surface area contributed by atoms with Crippen LogP contribution in [0.2, 0.25) is 0 Å². The highest BCUT2D eigenvalue weighted by Gasteiger charge is 2.46. The normalized spacial score (nSPS) is 38.1. The molecule has 2 aliphatic heterocycles. The van der Waals surface area contributed by atoms with Gasteiger partial charge in [-0.2, -0.15) is 0 Å². The Hall–Kier alpha value is -1.80. The minimum Gasteiger partial charge on any atom is -0.493 e. The molecular formula is C21H30O11. The van der Waals surface area contributed by atoms with Crippen LogP contribution in [0, 0.1) is 0 Å². The maximum Gasteiger partial charge on any atom is 0.229 e. The van der Waals surface area contributed by atoms with E-state index in [0.29, 0.717) is 5.75 Å². The zero-order chi connectivity index (χ0) is 23.4. The van der Waals surface area contributed by atoms with Gasteiger partial charge in [-0.15, -0.1) is 0 Å². The lowest BCUT2D eigenvalue weighted by atomic mass is 9.99. The van der Waals surface area contributed by atoms with Crippen LogP contribution >= 0.6 is 0 Å². The summed E-state index contributed by atoms with van der Waals surface area (Å²) in [6.45, 7) is 1.25. The Morgan fingerprint density at radius 1 is 0.938 bits per heavy atom. The molecule has 0 aliphatic carbocycles. The number of hydrogen-bond donors (Lipinski definition) is 6. The zero-order valence-electron chi connectivity index (χ0n) is 17.7. The van der Waals surface area contributed by atoms with E-state index in [9.17, 15) is 30.6 Å². The van der Waals surface area contributed by atoms with Crippen LogP contribution in [-0.2, 0) is 14.2 Å². The summed E-state index contributed by atoms with van der Waals surface area (Å²) in [6, 6.07) is 5.10. The summed E-state index contributed by atoms with van der Waals surface area (Å²) in [5, 5.41) is 60.1. The lowest BCUT2D eigenvalue weighted by Gasteiger charge is -2.41. The van der Waals surface area contributed by atoms with Crippen LogP contribution in [0.25, 0.3) is 6.08 Å². The van der Waals surface area contributed by atoms with Crippen molar-refractivity contribution in [2.75, 3.05) is 20.3 Å². The van der Waals surface area contributed by atoms with Crippen LogP contribution in [-0.4, -0.2) is 106 Å². The second-order valence-electron chi connectivity index (χ2n) is 7.63. The number of aliphatic hydroxyl groups excluding tert-OH is 6. The van der Waals surface area contributed by atoms with Gasteiger partial charge in [0.25, 0.3) is 0 Å². The number of methoxy groups -OCH3 is 1. The molecule has 11 heteroatoms. The first-order chi connectivity index (χ1) is 15.3. The average Bonchev–Trinajstić information content (AvgIpc) is 2.79. The highest BCUT2D eigenvalue weighted by molar-refractivity contribution is 5.55. The maximum atomic E-state index is 10.3. The fourth-order valence-electron chi connectivity index (χ4n) is 3.47. The van der Waals surface area contributed by atoms with Crippen molar-refractivity contribution >= 4 is 6.08 Å². The minimum absolute atomic E-state index is 0.246. The highest BCUT2D eigenvalue weighted by Crippen LogP contribution is 2.32. The van der Waals surface area contributed by atoms with Crippen LogP contribution in [0.15, 0.2) is 24.3 Å². The number of aliphatic hydroxyl groups is 6. The average molecular weight is 458 g/mol. The molecule has 0 aromatic heterocycles. The first-order valence-electron chi connectivity index (χ1n) is 10.2. The molecule has 2 heterocycles. The van der Waals surface area contributed by atoms with Crippen molar-refractivity contribution in [1.82, 2.24) is 0 Å². The van der Waals surface area contributed by atoms with E-state index < -0.39 is 55.3 Å². The third-order valence-electron chi connectivity index (χ3n) is 5.34. The van der Waals surface area contributed by atoms with Gasteiger partial charge in [-0.3, -0.25) is 0 Å². The van der Waals surface area contributed by atoms with E-state index in [1.807, 2.05) is 19.1 Å². The largest absolute Gasteiger partial charge is 0.493 e.